The molecule has 0 spiro atoms. The molecule has 0 aliphatic rings. The molecule has 2 aromatic carbocycles. The monoisotopic (exact) mass is 296 g/mol. The first kappa shape index (κ1) is 14.6. The van der Waals surface area contributed by atoms with Crippen LogP contribution in [-0.4, -0.2) is 12.2 Å². The minimum atomic E-state index is -0.505. The van der Waals surface area contributed by atoms with Crippen LogP contribution in [0.3, 0.4) is 0 Å². The van der Waals surface area contributed by atoms with E-state index in [1.807, 2.05) is 0 Å². The lowest BCUT2D eigenvalue weighted by Gasteiger charge is -2.14. The van der Waals surface area contributed by atoms with Gasteiger partial charge in [-0.05, 0) is 12.1 Å². The highest BCUT2D eigenvalue weighted by Crippen LogP contribution is 2.32. The number of hydrogen-bond donors (Lipinski definition) is 1. The number of ether oxygens (including phenoxy) is 2. The van der Waals surface area contributed by atoms with Crippen LogP contribution in [-0.2, 0) is 13.2 Å². The van der Waals surface area contributed by atoms with Gasteiger partial charge in [0.15, 0.2) is 11.5 Å². The van der Waals surface area contributed by atoms with E-state index in [4.69, 9.17) is 21.1 Å². The van der Waals surface area contributed by atoms with Crippen molar-refractivity contribution in [3.63, 3.8) is 0 Å². The molecule has 2 rings (SSSR count). The summed E-state index contributed by atoms with van der Waals surface area (Å²) in [7, 11) is 1.50. The smallest absolute Gasteiger partial charge is 0.167 e. The minimum absolute atomic E-state index is 0.000231. The molecule has 0 fully saturated rings. The van der Waals surface area contributed by atoms with E-state index in [1.54, 1.807) is 30.3 Å². The van der Waals surface area contributed by atoms with E-state index in [0.29, 0.717) is 22.6 Å². The summed E-state index contributed by atoms with van der Waals surface area (Å²) >= 11 is 5.72. The zero-order valence-corrected chi connectivity index (χ0v) is 11.7. The molecule has 5 heteroatoms. The highest BCUT2D eigenvalue weighted by molar-refractivity contribution is 6.30. The van der Waals surface area contributed by atoms with Gasteiger partial charge in [0, 0.05) is 11.1 Å². The molecular weight excluding hydrogens is 283 g/mol. The van der Waals surface area contributed by atoms with Gasteiger partial charge in [-0.15, -0.1) is 0 Å². The van der Waals surface area contributed by atoms with Gasteiger partial charge < -0.3 is 14.6 Å². The van der Waals surface area contributed by atoms with E-state index in [2.05, 4.69) is 0 Å². The summed E-state index contributed by atoms with van der Waals surface area (Å²) in [6.45, 7) is -0.190. The summed E-state index contributed by atoms with van der Waals surface area (Å²) in [4.78, 5) is 0. The topological polar surface area (TPSA) is 38.7 Å². The molecular formula is C15H14ClFO3. The van der Waals surface area contributed by atoms with E-state index < -0.39 is 5.82 Å². The molecule has 2 aromatic rings. The SMILES string of the molecule is COc1cccc(CO)c1OCc1cccc(Cl)c1F. The van der Waals surface area contributed by atoms with Crippen LogP contribution in [0.25, 0.3) is 0 Å². The zero-order chi connectivity index (χ0) is 14.5. The van der Waals surface area contributed by atoms with Crippen LogP contribution in [0.2, 0.25) is 5.02 Å². The normalized spacial score (nSPS) is 10.4. The quantitative estimate of drug-likeness (QED) is 0.917. The Bertz CT molecular complexity index is 579. The second-order valence-corrected chi connectivity index (χ2v) is 4.52. The van der Waals surface area contributed by atoms with Gasteiger partial charge in [0.2, 0.25) is 0 Å². The van der Waals surface area contributed by atoms with Crippen LogP contribution in [0, 0.1) is 5.82 Å². The number of aliphatic hydroxyl groups excluding tert-OH is 1. The maximum atomic E-state index is 13.8. The predicted molar refractivity (Wildman–Crippen MR) is 74.7 cm³/mol. The fourth-order valence-electron chi connectivity index (χ4n) is 1.82. The number of halogens is 2. The standard InChI is InChI=1S/C15H14ClFO3/c1-19-13-7-3-4-10(8-18)15(13)20-9-11-5-2-6-12(16)14(11)17/h2-7,18H,8-9H2,1H3. The Morgan fingerprint density at radius 3 is 2.55 bits per heavy atom. The number of para-hydroxylation sites is 1. The largest absolute Gasteiger partial charge is 0.493 e. The molecule has 0 saturated carbocycles. The molecule has 0 heterocycles. The summed E-state index contributed by atoms with van der Waals surface area (Å²) < 4.78 is 24.5. The van der Waals surface area contributed by atoms with Crippen molar-refractivity contribution in [1.29, 1.82) is 0 Å². The van der Waals surface area contributed by atoms with Crippen molar-refractivity contribution < 1.29 is 19.0 Å². The van der Waals surface area contributed by atoms with Crippen molar-refractivity contribution in [2.45, 2.75) is 13.2 Å². The molecule has 20 heavy (non-hydrogen) atoms. The number of aliphatic hydroxyl groups is 1. The number of hydrogen-bond acceptors (Lipinski definition) is 3. The van der Waals surface area contributed by atoms with E-state index >= 15 is 0 Å². The molecule has 0 amide bonds. The third-order valence-electron chi connectivity index (χ3n) is 2.85. The van der Waals surface area contributed by atoms with Gasteiger partial charge in [-0.25, -0.2) is 4.39 Å². The van der Waals surface area contributed by atoms with Crippen molar-refractivity contribution >= 4 is 11.6 Å². The van der Waals surface area contributed by atoms with Gasteiger partial charge >= 0.3 is 0 Å². The second kappa shape index (κ2) is 6.59. The Labute approximate surface area is 121 Å². The molecule has 0 aromatic heterocycles. The van der Waals surface area contributed by atoms with Gasteiger partial charge in [-0.2, -0.15) is 0 Å². The van der Waals surface area contributed by atoms with Gasteiger partial charge in [0.25, 0.3) is 0 Å². The van der Waals surface area contributed by atoms with E-state index in [-0.39, 0.29) is 18.2 Å². The average molecular weight is 297 g/mol. The molecule has 0 radical (unpaired) electrons. The fourth-order valence-corrected chi connectivity index (χ4v) is 2.01. The van der Waals surface area contributed by atoms with Gasteiger partial charge in [-0.3, -0.25) is 0 Å². The molecule has 0 atom stereocenters. The third kappa shape index (κ3) is 3.03. The Kier molecular flexibility index (Phi) is 4.82. The summed E-state index contributed by atoms with van der Waals surface area (Å²) in [5.41, 5.74) is 0.916. The molecule has 106 valence electrons. The lowest BCUT2D eigenvalue weighted by Crippen LogP contribution is -2.03. The predicted octanol–water partition coefficient (Wildman–Crippen LogP) is 3.56. The lowest BCUT2D eigenvalue weighted by molar-refractivity contribution is 0.248. The third-order valence-corrected chi connectivity index (χ3v) is 3.15. The first-order valence-corrected chi connectivity index (χ1v) is 6.37. The van der Waals surface area contributed by atoms with Crippen LogP contribution in [0.5, 0.6) is 11.5 Å². The molecule has 3 nitrogen and oxygen atoms in total. The van der Waals surface area contributed by atoms with Crippen molar-refractivity contribution in [1.82, 2.24) is 0 Å². The van der Waals surface area contributed by atoms with Crippen molar-refractivity contribution in [2.75, 3.05) is 7.11 Å². The van der Waals surface area contributed by atoms with E-state index in [9.17, 15) is 9.50 Å². The van der Waals surface area contributed by atoms with Crippen LogP contribution in [0.1, 0.15) is 11.1 Å². The first-order chi connectivity index (χ1) is 9.67. The second-order valence-electron chi connectivity index (χ2n) is 4.11. The van der Waals surface area contributed by atoms with Crippen molar-refractivity contribution in [3.05, 3.63) is 58.4 Å². The lowest BCUT2D eigenvalue weighted by atomic mass is 10.2. The summed E-state index contributed by atoms with van der Waals surface area (Å²) in [6.07, 6.45) is 0. The van der Waals surface area contributed by atoms with Crippen LogP contribution in [0.15, 0.2) is 36.4 Å². The van der Waals surface area contributed by atoms with E-state index in [1.165, 1.54) is 13.2 Å². The summed E-state index contributed by atoms with van der Waals surface area (Å²) in [5.74, 6) is 0.380. The minimum Gasteiger partial charge on any atom is -0.493 e. The van der Waals surface area contributed by atoms with Crippen LogP contribution in [0.4, 0.5) is 4.39 Å². The zero-order valence-electron chi connectivity index (χ0n) is 10.9. The number of methoxy groups -OCH3 is 1. The summed E-state index contributed by atoms with van der Waals surface area (Å²) in [5, 5.41) is 9.35. The maximum Gasteiger partial charge on any atom is 0.167 e. The summed E-state index contributed by atoms with van der Waals surface area (Å²) in [6, 6.07) is 9.89. The first-order valence-electron chi connectivity index (χ1n) is 5.99. The molecule has 0 bridgehead atoms. The van der Waals surface area contributed by atoms with Crippen LogP contribution < -0.4 is 9.47 Å². The van der Waals surface area contributed by atoms with Gasteiger partial charge in [-0.1, -0.05) is 35.9 Å². The number of benzene rings is 2. The molecule has 0 unspecified atom stereocenters. The van der Waals surface area contributed by atoms with E-state index in [0.717, 1.165) is 0 Å². The van der Waals surface area contributed by atoms with Crippen molar-refractivity contribution in [3.8, 4) is 11.5 Å². The average Bonchev–Trinajstić information content (AvgIpc) is 2.48. The maximum absolute atomic E-state index is 13.8. The molecule has 0 aliphatic carbocycles. The molecule has 0 aliphatic heterocycles. The Morgan fingerprint density at radius 1 is 1.15 bits per heavy atom. The Balaban J connectivity index is 2.24. The Hall–Kier alpha value is -1.78. The number of rotatable bonds is 5. The van der Waals surface area contributed by atoms with Gasteiger partial charge in [0.1, 0.15) is 12.4 Å². The molecule has 1 N–H and O–H groups in total. The fraction of sp³-hybridized carbons (Fsp3) is 0.200. The van der Waals surface area contributed by atoms with Crippen LogP contribution >= 0.6 is 11.6 Å². The highest BCUT2D eigenvalue weighted by atomic mass is 35.5. The van der Waals surface area contributed by atoms with Crippen molar-refractivity contribution in [2.24, 2.45) is 0 Å². The highest BCUT2D eigenvalue weighted by Gasteiger charge is 2.12. The Morgan fingerprint density at radius 2 is 1.85 bits per heavy atom. The van der Waals surface area contributed by atoms with Gasteiger partial charge in [0.05, 0.1) is 18.7 Å². The molecule has 0 saturated heterocycles.